The molecule has 0 aromatic carbocycles. The highest BCUT2D eigenvalue weighted by Crippen LogP contribution is 2.42. The number of aryl methyl sites for hydroxylation is 1. The maximum atomic E-state index is 5.81. The minimum atomic E-state index is -0.0795. The van der Waals surface area contributed by atoms with E-state index in [1.807, 2.05) is 11.6 Å². The predicted molar refractivity (Wildman–Crippen MR) is 61.1 cm³/mol. The van der Waals surface area contributed by atoms with Gasteiger partial charge in [-0.15, -0.1) is 0 Å². The molecule has 1 fully saturated rings. The number of nitrogens with two attached hydrogens (primary N) is 1. The minimum Gasteiger partial charge on any atom is -0.338 e. The topological polar surface area (TPSA) is 82.8 Å². The Balaban J connectivity index is 1.96. The van der Waals surface area contributed by atoms with E-state index in [1.165, 1.54) is 6.42 Å². The third-order valence-electron chi connectivity index (χ3n) is 3.63. The van der Waals surface area contributed by atoms with E-state index in [2.05, 4.69) is 15.1 Å². The van der Waals surface area contributed by atoms with Crippen LogP contribution in [0.25, 0.3) is 11.5 Å². The molecule has 90 valence electrons. The molecule has 2 aromatic heterocycles. The standard InChI is InChI=1S/C11H15N5O/c1-16-7-13-5-8(16)9-14-10(17-15-9)11(6-12)3-2-4-11/h5,7H,2-4,6,12H2,1H3. The third-order valence-corrected chi connectivity index (χ3v) is 3.63. The van der Waals surface area contributed by atoms with Crippen LogP contribution in [0.3, 0.4) is 0 Å². The minimum absolute atomic E-state index is 0.0795. The van der Waals surface area contributed by atoms with Crippen LogP contribution in [0.2, 0.25) is 0 Å². The monoisotopic (exact) mass is 233 g/mol. The number of nitrogens with zero attached hydrogens (tertiary/aromatic N) is 4. The number of aromatic nitrogens is 4. The summed E-state index contributed by atoms with van der Waals surface area (Å²) in [5.41, 5.74) is 6.59. The van der Waals surface area contributed by atoms with Crippen molar-refractivity contribution < 1.29 is 4.52 Å². The number of imidazole rings is 1. The number of hydrogen-bond acceptors (Lipinski definition) is 5. The molecule has 0 spiro atoms. The molecule has 1 aliphatic rings. The Bertz CT molecular complexity index is 520. The fraction of sp³-hybridized carbons (Fsp3) is 0.545. The fourth-order valence-electron chi connectivity index (χ4n) is 2.22. The van der Waals surface area contributed by atoms with Gasteiger partial charge in [-0.2, -0.15) is 4.98 Å². The van der Waals surface area contributed by atoms with Crippen molar-refractivity contribution in [1.29, 1.82) is 0 Å². The Morgan fingerprint density at radius 2 is 2.35 bits per heavy atom. The van der Waals surface area contributed by atoms with E-state index in [0.717, 1.165) is 18.5 Å². The van der Waals surface area contributed by atoms with Gasteiger partial charge in [0.05, 0.1) is 17.9 Å². The van der Waals surface area contributed by atoms with Crippen molar-refractivity contribution in [2.75, 3.05) is 6.54 Å². The van der Waals surface area contributed by atoms with E-state index in [0.29, 0.717) is 18.3 Å². The quantitative estimate of drug-likeness (QED) is 0.849. The SMILES string of the molecule is Cn1cncc1-c1noc(C2(CN)CCC2)n1. The zero-order chi connectivity index (χ0) is 11.9. The molecule has 17 heavy (non-hydrogen) atoms. The summed E-state index contributed by atoms with van der Waals surface area (Å²) in [6.07, 6.45) is 6.70. The summed E-state index contributed by atoms with van der Waals surface area (Å²) in [5, 5.41) is 4.01. The van der Waals surface area contributed by atoms with Crippen molar-refractivity contribution in [2.24, 2.45) is 12.8 Å². The molecule has 0 unspecified atom stereocenters. The van der Waals surface area contributed by atoms with Crippen molar-refractivity contribution in [3.05, 3.63) is 18.4 Å². The Kier molecular flexibility index (Phi) is 2.25. The first kappa shape index (κ1) is 10.5. The maximum absolute atomic E-state index is 5.81. The summed E-state index contributed by atoms with van der Waals surface area (Å²) < 4.78 is 7.22. The largest absolute Gasteiger partial charge is 0.338 e. The van der Waals surface area contributed by atoms with Crippen LogP contribution in [-0.2, 0) is 12.5 Å². The maximum Gasteiger partial charge on any atom is 0.234 e. The summed E-state index contributed by atoms with van der Waals surface area (Å²) in [5.74, 6) is 1.25. The van der Waals surface area contributed by atoms with Crippen LogP contribution in [0.4, 0.5) is 0 Å². The van der Waals surface area contributed by atoms with E-state index in [4.69, 9.17) is 10.3 Å². The van der Waals surface area contributed by atoms with E-state index in [1.54, 1.807) is 12.5 Å². The molecule has 6 nitrogen and oxygen atoms in total. The van der Waals surface area contributed by atoms with Gasteiger partial charge in [0, 0.05) is 13.6 Å². The van der Waals surface area contributed by atoms with Gasteiger partial charge in [0.25, 0.3) is 0 Å². The average Bonchev–Trinajstić information content (AvgIpc) is 2.86. The Morgan fingerprint density at radius 1 is 1.53 bits per heavy atom. The van der Waals surface area contributed by atoms with Gasteiger partial charge >= 0.3 is 0 Å². The Hall–Kier alpha value is -1.69. The third kappa shape index (κ3) is 1.48. The average molecular weight is 233 g/mol. The van der Waals surface area contributed by atoms with Gasteiger partial charge in [-0.25, -0.2) is 4.98 Å². The van der Waals surface area contributed by atoms with Crippen LogP contribution in [0, 0.1) is 0 Å². The first-order chi connectivity index (χ1) is 8.25. The fourth-order valence-corrected chi connectivity index (χ4v) is 2.22. The van der Waals surface area contributed by atoms with Crippen LogP contribution in [0.5, 0.6) is 0 Å². The highest BCUT2D eigenvalue weighted by atomic mass is 16.5. The van der Waals surface area contributed by atoms with Crippen molar-refractivity contribution >= 4 is 0 Å². The molecule has 2 heterocycles. The number of rotatable bonds is 3. The molecule has 0 aliphatic heterocycles. The van der Waals surface area contributed by atoms with Gasteiger partial charge in [0.15, 0.2) is 0 Å². The predicted octanol–water partition coefficient (Wildman–Crippen LogP) is 0.850. The summed E-state index contributed by atoms with van der Waals surface area (Å²) in [6, 6.07) is 0. The van der Waals surface area contributed by atoms with E-state index < -0.39 is 0 Å². The lowest BCUT2D eigenvalue weighted by atomic mass is 9.69. The van der Waals surface area contributed by atoms with Gasteiger partial charge in [-0.05, 0) is 12.8 Å². The molecule has 0 saturated heterocycles. The molecule has 1 saturated carbocycles. The lowest BCUT2D eigenvalue weighted by molar-refractivity contribution is 0.182. The highest BCUT2D eigenvalue weighted by molar-refractivity contribution is 5.47. The zero-order valence-corrected chi connectivity index (χ0v) is 9.76. The van der Waals surface area contributed by atoms with Gasteiger partial charge in [0.1, 0.15) is 5.69 Å². The molecule has 2 N–H and O–H groups in total. The van der Waals surface area contributed by atoms with Crippen molar-refractivity contribution in [1.82, 2.24) is 19.7 Å². The molecule has 2 aromatic rings. The molecule has 0 radical (unpaired) electrons. The highest BCUT2D eigenvalue weighted by Gasteiger charge is 2.42. The first-order valence-corrected chi connectivity index (χ1v) is 5.76. The zero-order valence-electron chi connectivity index (χ0n) is 9.76. The van der Waals surface area contributed by atoms with Crippen LogP contribution >= 0.6 is 0 Å². The first-order valence-electron chi connectivity index (χ1n) is 5.76. The second-order valence-electron chi connectivity index (χ2n) is 4.65. The Labute approximate surface area is 98.8 Å². The lowest BCUT2D eigenvalue weighted by Gasteiger charge is -2.36. The van der Waals surface area contributed by atoms with E-state index in [-0.39, 0.29) is 5.41 Å². The smallest absolute Gasteiger partial charge is 0.234 e. The van der Waals surface area contributed by atoms with Gasteiger partial charge in [0.2, 0.25) is 11.7 Å². The second kappa shape index (κ2) is 3.66. The summed E-state index contributed by atoms with van der Waals surface area (Å²) in [4.78, 5) is 8.50. The molecule has 0 bridgehead atoms. The molecule has 3 rings (SSSR count). The summed E-state index contributed by atoms with van der Waals surface area (Å²) in [6.45, 7) is 0.569. The molecule has 0 atom stereocenters. The lowest BCUT2D eigenvalue weighted by Crippen LogP contribution is -2.41. The van der Waals surface area contributed by atoms with Gasteiger partial charge in [-0.3, -0.25) is 0 Å². The second-order valence-corrected chi connectivity index (χ2v) is 4.65. The molecule has 6 heteroatoms. The molecular weight excluding hydrogens is 218 g/mol. The van der Waals surface area contributed by atoms with Crippen LogP contribution in [0.15, 0.2) is 17.0 Å². The van der Waals surface area contributed by atoms with Gasteiger partial charge in [-0.1, -0.05) is 11.6 Å². The van der Waals surface area contributed by atoms with Crippen molar-refractivity contribution in [2.45, 2.75) is 24.7 Å². The van der Waals surface area contributed by atoms with Crippen LogP contribution in [-0.4, -0.2) is 26.2 Å². The van der Waals surface area contributed by atoms with Crippen LogP contribution < -0.4 is 5.73 Å². The molecular formula is C11H15N5O. The Morgan fingerprint density at radius 3 is 2.88 bits per heavy atom. The van der Waals surface area contributed by atoms with Crippen molar-refractivity contribution in [3.63, 3.8) is 0 Å². The number of hydrogen-bond donors (Lipinski definition) is 1. The van der Waals surface area contributed by atoms with Crippen molar-refractivity contribution in [3.8, 4) is 11.5 Å². The molecule has 1 aliphatic carbocycles. The summed E-state index contributed by atoms with van der Waals surface area (Å²) in [7, 11) is 1.90. The van der Waals surface area contributed by atoms with E-state index >= 15 is 0 Å². The van der Waals surface area contributed by atoms with Crippen LogP contribution in [0.1, 0.15) is 25.2 Å². The normalized spacial score (nSPS) is 18.0. The summed E-state index contributed by atoms with van der Waals surface area (Å²) >= 11 is 0. The van der Waals surface area contributed by atoms with E-state index in [9.17, 15) is 0 Å². The molecule has 0 amide bonds. The van der Waals surface area contributed by atoms with Gasteiger partial charge < -0.3 is 14.8 Å².